The van der Waals surface area contributed by atoms with E-state index in [1.54, 1.807) is 19.1 Å². The number of nitrogens with one attached hydrogen (secondary N) is 1. The maximum atomic E-state index is 14.2. The number of nitrogens with two attached hydrogens (primary N) is 2. The first kappa shape index (κ1) is 27.9. The van der Waals surface area contributed by atoms with Gasteiger partial charge in [-0.25, -0.2) is 0 Å². The third-order valence-electron chi connectivity index (χ3n) is 8.11. The fourth-order valence-electron chi connectivity index (χ4n) is 5.97. The van der Waals surface area contributed by atoms with Crippen LogP contribution in [0.5, 0.6) is 0 Å². The highest BCUT2D eigenvalue weighted by Crippen LogP contribution is 2.37. The third-order valence-corrected chi connectivity index (χ3v) is 8.96. The normalized spacial score (nSPS) is 17.3. The molecule has 1 aromatic carbocycles. The van der Waals surface area contributed by atoms with Gasteiger partial charge in [0.05, 0.1) is 5.69 Å². The summed E-state index contributed by atoms with van der Waals surface area (Å²) in [7, 11) is 0. The first-order chi connectivity index (χ1) is 19.3. The Bertz CT molecular complexity index is 1350. The second kappa shape index (κ2) is 12.2. The molecule has 5 rings (SSSR count). The Hall–Kier alpha value is -3.66. The van der Waals surface area contributed by atoms with Crippen LogP contribution in [0.25, 0.3) is 0 Å². The molecule has 0 bridgehead atoms. The Morgan fingerprint density at radius 3 is 2.20 bits per heavy atom. The van der Waals surface area contributed by atoms with Crippen molar-refractivity contribution < 1.29 is 18.8 Å². The van der Waals surface area contributed by atoms with E-state index in [1.165, 1.54) is 29.7 Å². The number of nitrogen functional groups attached to an aromatic ring is 1. The van der Waals surface area contributed by atoms with Gasteiger partial charge in [0.15, 0.2) is 11.7 Å². The van der Waals surface area contributed by atoms with Gasteiger partial charge in [0, 0.05) is 11.7 Å². The van der Waals surface area contributed by atoms with Gasteiger partial charge in [-0.2, -0.15) is 4.37 Å². The minimum Gasteiger partial charge on any atom is -0.464 e. The first-order valence-corrected chi connectivity index (χ1v) is 15.0. The predicted molar refractivity (Wildman–Crippen MR) is 155 cm³/mol. The van der Waals surface area contributed by atoms with Crippen molar-refractivity contribution in [2.45, 2.75) is 89.1 Å². The summed E-state index contributed by atoms with van der Waals surface area (Å²) >= 11 is 0.797. The molecule has 10 heteroatoms. The topological polar surface area (TPSA) is 145 Å². The van der Waals surface area contributed by atoms with Crippen molar-refractivity contribution in [3.8, 4) is 0 Å². The molecule has 3 aromatic rings. The SMILES string of the molecule is Cc1ccc([C@H](C(=O)NC2CCCCC2)N(C(=O)c2snc(C(N)=O)c2N)c2ccc(C3CCCCC3)cc2)o1. The van der Waals surface area contributed by atoms with Gasteiger partial charge >= 0.3 is 0 Å². The number of furan rings is 1. The minimum atomic E-state index is -1.10. The van der Waals surface area contributed by atoms with E-state index < -0.39 is 17.9 Å². The number of amides is 3. The number of nitrogens with zero attached hydrogens (tertiary/aromatic N) is 2. The van der Waals surface area contributed by atoms with Crippen LogP contribution in [0.2, 0.25) is 0 Å². The molecule has 0 aliphatic heterocycles. The van der Waals surface area contributed by atoms with Crippen molar-refractivity contribution >= 4 is 40.6 Å². The fraction of sp³-hybridized carbons (Fsp3) is 0.467. The molecular weight excluding hydrogens is 526 g/mol. The number of hydrogen-bond acceptors (Lipinski definition) is 7. The van der Waals surface area contributed by atoms with E-state index in [1.807, 2.05) is 24.3 Å². The molecule has 40 heavy (non-hydrogen) atoms. The summed E-state index contributed by atoms with van der Waals surface area (Å²) in [5, 5.41) is 3.17. The van der Waals surface area contributed by atoms with Crippen molar-refractivity contribution in [3.05, 3.63) is 64.1 Å². The molecule has 2 heterocycles. The number of aryl methyl sites for hydroxylation is 1. The summed E-state index contributed by atoms with van der Waals surface area (Å²) in [6.45, 7) is 1.80. The standard InChI is InChI=1S/C30H37N5O4S/c1-18-12-17-23(39-18)26(29(37)33-21-10-6-3-7-11-21)35(30(38)27-24(31)25(28(32)36)34-40-27)22-15-13-20(14-16-22)19-8-4-2-5-9-19/h12-17,19,21,26H,2-11,31H2,1H3,(H2,32,36)(H,33,37)/t26-/m1/s1. The smallest absolute Gasteiger partial charge is 0.273 e. The molecule has 0 unspecified atom stereocenters. The van der Waals surface area contributed by atoms with Crippen LogP contribution < -0.4 is 21.7 Å². The lowest BCUT2D eigenvalue weighted by Gasteiger charge is -2.32. The quantitative estimate of drug-likeness (QED) is 0.325. The molecule has 5 N–H and O–H groups in total. The van der Waals surface area contributed by atoms with Crippen molar-refractivity contribution in [1.29, 1.82) is 0 Å². The first-order valence-electron chi connectivity index (χ1n) is 14.2. The number of hydrogen-bond donors (Lipinski definition) is 3. The average Bonchev–Trinajstić information content (AvgIpc) is 3.57. The van der Waals surface area contributed by atoms with Crippen LogP contribution in [-0.4, -0.2) is 28.1 Å². The highest BCUT2D eigenvalue weighted by molar-refractivity contribution is 7.09. The number of anilines is 2. The highest BCUT2D eigenvalue weighted by Gasteiger charge is 2.38. The van der Waals surface area contributed by atoms with Crippen LogP contribution >= 0.6 is 11.5 Å². The van der Waals surface area contributed by atoms with E-state index in [0.717, 1.165) is 56.5 Å². The molecule has 1 atom stereocenters. The molecular formula is C30H37N5O4S. The number of rotatable bonds is 8. The number of primary amides is 1. The average molecular weight is 564 g/mol. The molecule has 2 aliphatic carbocycles. The number of carbonyl (C=O) groups is 3. The minimum absolute atomic E-state index is 0.0281. The van der Waals surface area contributed by atoms with E-state index in [0.29, 0.717) is 23.1 Å². The van der Waals surface area contributed by atoms with Crippen LogP contribution in [0, 0.1) is 6.92 Å². The van der Waals surface area contributed by atoms with Gasteiger partial charge in [0.2, 0.25) is 0 Å². The monoisotopic (exact) mass is 563 g/mol. The van der Waals surface area contributed by atoms with Crippen LogP contribution in [0.3, 0.4) is 0 Å². The zero-order valence-electron chi connectivity index (χ0n) is 22.9. The maximum absolute atomic E-state index is 14.2. The summed E-state index contributed by atoms with van der Waals surface area (Å²) < 4.78 is 10.00. The predicted octanol–water partition coefficient (Wildman–Crippen LogP) is 5.61. The maximum Gasteiger partial charge on any atom is 0.273 e. The van der Waals surface area contributed by atoms with Crippen molar-refractivity contribution in [3.63, 3.8) is 0 Å². The summed E-state index contributed by atoms with van der Waals surface area (Å²) in [6, 6.07) is 10.3. The summed E-state index contributed by atoms with van der Waals surface area (Å²) in [4.78, 5) is 41.6. The van der Waals surface area contributed by atoms with Gasteiger partial charge in [-0.15, -0.1) is 0 Å². The molecule has 2 fully saturated rings. The van der Waals surface area contributed by atoms with Gasteiger partial charge in [0.1, 0.15) is 16.4 Å². The number of benzene rings is 1. The van der Waals surface area contributed by atoms with Crippen LogP contribution in [0.4, 0.5) is 11.4 Å². The van der Waals surface area contributed by atoms with Gasteiger partial charge in [-0.1, -0.05) is 50.7 Å². The zero-order chi connectivity index (χ0) is 28.2. The van der Waals surface area contributed by atoms with Crippen LogP contribution in [0.1, 0.15) is 113 Å². The highest BCUT2D eigenvalue weighted by atomic mass is 32.1. The molecule has 0 radical (unpaired) electrons. The van der Waals surface area contributed by atoms with Crippen LogP contribution in [-0.2, 0) is 4.79 Å². The van der Waals surface area contributed by atoms with E-state index in [4.69, 9.17) is 15.9 Å². The Morgan fingerprint density at radius 2 is 1.62 bits per heavy atom. The molecule has 0 saturated heterocycles. The van der Waals surface area contributed by atoms with E-state index in [-0.39, 0.29) is 28.2 Å². The third kappa shape index (κ3) is 5.91. The number of carbonyl (C=O) groups excluding carboxylic acids is 3. The molecule has 9 nitrogen and oxygen atoms in total. The van der Waals surface area contributed by atoms with Gasteiger partial charge in [-0.05, 0) is 79.9 Å². The molecule has 3 amide bonds. The Kier molecular flexibility index (Phi) is 8.54. The Balaban J connectivity index is 1.57. The summed E-state index contributed by atoms with van der Waals surface area (Å²) in [5.74, 6) is -0.243. The molecule has 2 aliphatic rings. The van der Waals surface area contributed by atoms with E-state index >= 15 is 0 Å². The van der Waals surface area contributed by atoms with Crippen LogP contribution in [0.15, 0.2) is 40.8 Å². The lowest BCUT2D eigenvalue weighted by molar-refractivity contribution is -0.123. The molecule has 0 spiro atoms. The Morgan fingerprint density at radius 1 is 0.975 bits per heavy atom. The largest absolute Gasteiger partial charge is 0.464 e. The van der Waals surface area contributed by atoms with E-state index in [9.17, 15) is 14.4 Å². The summed E-state index contributed by atoms with van der Waals surface area (Å²) in [5.41, 5.74) is 13.1. The van der Waals surface area contributed by atoms with Crippen molar-refractivity contribution in [1.82, 2.24) is 9.69 Å². The van der Waals surface area contributed by atoms with Crippen molar-refractivity contribution in [2.75, 3.05) is 10.6 Å². The van der Waals surface area contributed by atoms with E-state index in [2.05, 4.69) is 9.69 Å². The second-order valence-electron chi connectivity index (χ2n) is 10.9. The summed E-state index contributed by atoms with van der Waals surface area (Å²) in [6.07, 6.45) is 11.0. The number of aromatic nitrogens is 1. The lowest BCUT2D eigenvalue weighted by atomic mass is 9.84. The Labute approximate surface area is 238 Å². The second-order valence-corrected chi connectivity index (χ2v) is 11.7. The molecule has 2 saturated carbocycles. The molecule has 212 valence electrons. The van der Waals surface area contributed by atoms with Gasteiger partial charge in [0.25, 0.3) is 17.7 Å². The fourth-order valence-corrected chi connectivity index (χ4v) is 6.71. The zero-order valence-corrected chi connectivity index (χ0v) is 23.7. The van der Waals surface area contributed by atoms with Crippen molar-refractivity contribution in [2.24, 2.45) is 5.73 Å². The van der Waals surface area contributed by atoms with Gasteiger partial charge in [-0.3, -0.25) is 19.3 Å². The van der Waals surface area contributed by atoms with Gasteiger partial charge < -0.3 is 21.2 Å². The molecule has 2 aromatic heterocycles. The lowest BCUT2D eigenvalue weighted by Crippen LogP contribution is -2.47.